The highest BCUT2D eigenvalue weighted by molar-refractivity contribution is 6.39. The van der Waals surface area contributed by atoms with E-state index < -0.39 is 11.8 Å². The summed E-state index contributed by atoms with van der Waals surface area (Å²) in [6.45, 7) is 2.42. The second-order valence-corrected chi connectivity index (χ2v) is 6.97. The standard InChI is InChI=1S/C19H29N3O3/c1-14(25-4)15-8-7-9-16(12-15)21-18(24)17(23)20-13-19(22(2)3)10-5-6-11-19/h7-9,12,14H,5-6,10-11,13H2,1-4H3,(H,20,23)(H,21,24)/t14-/m0/s1. The zero-order valence-corrected chi connectivity index (χ0v) is 15.6. The van der Waals surface area contributed by atoms with E-state index in [1.165, 1.54) is 0 Å². The maximum Gasteiger partial charge on any atom is 0.313 e. The van der Waals surface area contributed by atoms with E-state index in [1.54, 1.807) is 13.2 Å². The van der Waals surface area contributed by atoms with Gasteiger partial charge in [0.25, 0.3) is 0 Å². The first-order valence-electron chi connectivity index (χ1n) is 8.77. The molecule has 0 spiro atoms. The van der Waals surface area contributed by atoms with Crippen LogP contribution < -0.4 is 10.6 Å². The lowest BCUT2D eigenvalue weighted by Gasteiger charge is -2.36. The van der Waals surface area contributed by atoms with Crippen LogP contribution in [0.3, 0.4) is 0 Å². The predicted octanol–water partition coefficient (Wildman–Crippen LogP) is 2.32. The quantitative estimate of drug-likeness (QED) is 0.775. The SMILES string of the molecule is CO[C@@H](C)c1cccc(NC(=O)C(=O)NCC2(N(C)C)CCCC2)c1. The van der Waals surface area contributed by atoms with Crippen LogP contribution in [0.25, 0.3) is 0 Å². The van der Waals surface area contributed by atoms with Crippen LogP contribution in [0.1, 0.15) is 44.3 Å². The zero-order valence-electron chi connectivity index (χ0n) is 15.6. The van der Waals surface area contributed by atoms with Crippen molar-refractivity contribution in [3.05, 3.63) is 29.8 Å². The van der Waals surface area contributed by atoms with Gasteiger partial charge in [-0.1, -0.05) is 25.0 Å². The third kappa shape index (κ3) is 4.80. The molecule has 1 fully saturated rings. The number of nitrogens with one attached hydrogen (secondary N) is 2. The number of hydrogen-bond acceptors (Lipinski definition) is 4. The van der Waals surface area contributed by atoms with E-state index in [2.05, 4.69) is 15.5 Å². The van der Waals surface area contributed by atoms with Crippen LogP contribution >= 0.6 is 0 Å². The third-order valence-corrected chi connectivity index (χ3v) is 5.23. The van der Waals surface area contributed by atoms with E-state index in [0.717, 1.165) is 31.2 Å². The highest BCUT2D eigenvalue weighted by Gasteiger charge is 2.36. The Morgan fingerprint density at radius 2 is 1.92 bits per heavy atom. The Morgan fingerprint density at radius 3 is 2.52 bits per heavy atom. The number of methoxy groups -OCH3 is 1. The van der Waals surface area contributed by atoms with Gasteiger partial charge >= 0.3 is 11.8 Å². The predicted molar refractivity (Wildman–Crippen MR) is 98.4 cm³/mol. The van der Waals surface area contributed by atoms with Gasteiger partial charge in [0.05, 0.1) is 6.10 Å². The summed E-state index contributed by atoms with van der Waals surface area (Å²) in [6.07, 6.45) is 4.32. The summed E-state index contributed by atoms with van der Waals surface area (Å²) in [4.78, 5) is 26.5. The number of amides is 2. The molecule has 2 rings (SSSR count). The van der Waals surface area contributed by atoms with Gasteiger partial charge in [-0.25, -0.2) is 0 Å². The summed E-state index contributed by atoms with van der Waals surface area (Å²) >= 11 is 0. The monoisotopic (exact) mass is 347 g/mol. The summed E-state index contributed by atoms with van der Waals surface area (Å²) in [6, 6.07) is 7.33. The first kappa shape index (κ1) is 19.4. The van der Waals surface area contributed by atoms with Gasteiger partial charge in [-0.2, -0.15) is 0 Å². The highest BCUT2D eigenvalue weighted by atomic mass is 16.5. The fraction of sp³-hybridized carbons (Fsp3) is 0.579. The molecule has 0 bridgehead atoms. The Kier molecular flexibility index (Phi) is 6.56. The minimum absolute atomic E-state index is 0.0379. The van der Waals surface area contributed by atoms with Gasteiger partial charge in [0, 0.05) is 24.9 Å². The van der Waals surface area contributed by atoms with E-state index >= 15 is 0 Å². The number of ether oxygens (including phenoxy) is 1. The van der Waals surface area contributed by atoms with Crippen LogP contribution in [0, 0.1) is 0 Å². The molecular formula is C19H29N3O3. The number of nitrogens with zero attached hydrogens (tertiary/aromatic N) is 1. The van der Waals surface area contributed by atoms with Gasteiger partial charge in [0.1, 0.15) is 0 Å². The topological polar surface area (TPSA) is 70.7 Å². The molecule has 2 N–H and O–H groups in total. The molecule has 0 unspecified atom stereocenters. The minimum atomic E-state index is -0.644. The van der Waals surface area contributed by atoms with Crippen molar-refractivity contribution in [2.45, 2.75) is 44.2 Å². The summed E-state index contributed by atoms with van der Waals surface area (Å²) in [5.41, 5.74) is 1.49. The number of carbonyl (C=O) groups excluding carboxylic acids is 2. The van der Waals surface area contributed by atoms with Crippen molar-refractivity contribution >= 4 is 17.5 Å². The molecule has 1 saturated carbocycles. The second kappa shape index (κ2) is 8.45. The fourth-order valence-corrected chi connectivity index (χ4v) is 3.33. The van der Waals surface area contributed by atoms with Crippen LogP contribution in [0.15, 0.2) is 24.3 Å². The van der Waals surface area contributed by atoms with Crippen LogP contribution in [-0.2, 0) is 14.3 Å². The summed E-state index contributed by atoms with van der Waals surface area (Å²) < 4.78 is 5.28. The number of likely N-dealkylation sites (N-methyl/N-ethyl adjacent to an activating group) is 1. The van der Waals surface area contributed by atoms with Gasteiger partial charge in [0.2, 0.25) is 0 Å². The fourth-order valence-electron chi connectivity index (χ4n) is 3.33. The average Bonchev–Trinajstić information content (AvgIpc) is 3.09. The minimum Gasteiger partial charge on any atom is -0.377 e. The van der Waals surface area contributed by atoms with Crippen molar-refractivity contribution in [2.24, 2.45) is 0 Å². The smallest absolute Gasteiger partial charge is 0.313 e. The maximum absolute atomic E-state index is 12.2. The number of benzene rings is 1. The van der Waals surface area contributed by atoms with Crippen molar-refractivity contribution in [3.8, 4) is 0 Å². The van der Waals surface area contributed by atoms with Crippen LogP contribution in [0.2, 0.25) is 0 Å². The van der Waals surface area contributed by atoms with E-state index in [1.807, 2.05) is 39.2 Å². The number of rotatable bonds is 6. The lowest BCUT2D eigenvalue weighted by molar-refractivity contribution is -0.136. The third-order valence-electron chi connectivity index (χ3n) is 5.23. The Morgan fingerprint density at radius 1 is 1.24 bits per heavy atom. The lowest BCUT2D eigenvalue weighted by atomic mass is 9.96. The summed E-state index contributed by atoms with van der Waals surface area (Å²) in [5.74, 6) is -1.24. The van der Waals surface area contributed by atoms with Gasteiger partial charge in [-0.05, 0) is 51.6 Å². The molecule has 1 aliphatic rings. The summed E-state index contributed by atoms with van der Waals surface area (Å²) in [7, 11) is 5.69. The van der Waals surface area contributed by atoms with Crippen molar-refractivity contribution in [1.29, 1.82) is 0 Å². The number of hydrogen-bond donors (Lipinski definition) is 2. The molecule has 0 saturated heterocycles. The molecule has 0 heterocycles. The molecule has 0 aliphatic heterocycles. The first-order valence-corrected chi connectivity index (χ1v) is 8.77. The molecular weight excluding hydrogens is 318 g/mol. The van der Waals surface area contributed by atoms with E-state index in [4.69, 9.17) is 4.74 Å². The van der Waals surface area contributed by atoms with E-state index in [0.29, 0.717) is 12.2 Å². The Bertz CT molecular complexity index is 610. The Hall–Kier alpha value is -1.92. The molecule has 0 radical (unpaired) electrons. The normalized spacial score (nSPS) is 17.3. The zero-order chi connectivity index (χ0) is 18.4. The molecule has 6 nitrogen and oxygen atoms in total. The van der Waals surface area contributed by atoms with Gasteiger partial charge < -0.3 is 20.3 Å². The second-order valence-electron chi connectivity index (χ2n) is 6.97. The van der Waals surface area contributed by atoms with Crippen molar-refractivity contribution in [2.75, 3.05) is 33.1 Å². The Labute approximate surface area is 149 Å². The van der Waals surface area contributed by atoms with Crippen molar-refractivity contribution in [3.63, 3.8) is 0 Å². The van der Waals surface area contributed by atoms with E-state index in [9.17, 15) is 9.59 Å². The molecule has 1 aromatic rings. The molecule has 138 valence electrons. The summed E-state index contributed by atoms with van der Waals surface area (Å²) in [5, 5.41) is 5.46. The average molecular weight is 347 g/mol. The van der Waals surface area contributed by atoms with Gasteiger partial charge in [0.15, 0.2) is 0 Å². The van der Waals surface area contributed by atoms with Gasteiger partial charge in [-0.3, -0.25) is 9.59 Å². The molecule has 0 aromatic heterocycles. The van der Waals surface area contributed by atoms with Crippen molar-refractivity contribution in [1.82, 2.24) is 10.2 Å². The molecule has 1 aliphatic carbocycles. The van der Waals surface area contributed by atoms with Crippen LogP contribution in [-0.4, -0.2) is 50.0 Å². The molecule has 2 amide bonds. The lowest BCUT2D eigenvalue weighted by Crippen LogP contribution is -2.52. The Balaban J connectivity index is 1.93. The highest BCUT2D eigenvalue weighted by Crippen LogP contribution is 2.33. The van der Waals surface area contributed by atoms with Crippen molar-refractivity contribution < 1.29 is 14.3 Å². The molecule has 1 aromatic carbocycles. The largest absolute Gasteiger partial charge is 0.377 e. The molecule has 25 heavy (non-hydrogen) atoms. The number of anilines is 1. The molecule has 1 atom stereocenters. The van der Waals surface area contributed by atoms with E-state index in [-0.39, 0.29) is 11.6 Å². The number of carbonyl (C=O) groups is 2. The van der Waals surface area contributed by atoms with Crippen LogP contribution in [0.5, 0.6) is 0 Å². The first-order chi connectivity index (χ1) is 11.9. The van der Waals surface area contributed by atoms with Gasteiger partial charge in [-0.15, -0.1) is 0 Å². The van der Waals surface area contributed by atoms with Crippen LogP contribution in [0.4, 0.5) is 5.69 Å². The molecule has 6 heteroatoms. The maximum atomic E-state index is 12.2.